The summed E-state index contributed by atoms with van der Waals surface area (Å²) in [5, 5.41) is 3.57. The van der Waals surface area contributed by atoms with Crippen LogP contribution in [-0.2, 0) is 4.74 Å². The Morgan fingerprint density at radius 3 is 2.61 bits per heavy atom. The molecule has 18 heavy (non-hydrogen) atoms. The fourth-order valence-electron chi connectivity index (χ4n) is 2.13. The molecule has 2 rings (SSSR count). The Balaban J connectivity index is 1.70. The van der Waals surface area contributed by atoms with Gasteiger partial charge in [0, 0.05) is 36.7 Å². The SMILES string of the molecule is CC(NCCN1CCOCC1)c1ccc(Br)cc1. The van der Waals surface area contributed by atoms with Gasteiger partial charge < -0.3 is 10.1 Å². The van der Waals surface area contributed by atoms with Crippen molar-refractivity contribution < 1.29 is 4.74 Å². The number of morpholine rings is 1. The molecule has 0 spiro atoms. The summed E-state index contributed by atoms with van der Waals surface area (Å²) in [5.41, 5.74) is 1.33. The summed E-state index contributed by atoms with van der Waals surface area (Å²) in [7, 11) is 0. The van der Waals surface area contributed by atoms with Gasteiger partial charge in [0.25, 0.3) is 0 Å². The molecule has 1 fully saturated rings. The Bertz CT molecular complexity index is 349. The Morgan fingerprint density at radius 2 is 1.94 bits per heavy atom. The third-order valence-electron chi connectivity index (χ3n) is 3.35. The normalized spacial score (nSPS) is 18.8. The Hall–Kier alpha value is -0.420. The van der Waals surface area contributed by atoms with Crippen molar-refractivity contribution in [2.24, 2.45) is 0 Å². The van der Waals surface area contributed by atoms with E-state index in [9.17, 15) is 0 Å². The average Bonchev–Trinajstić information content (AvgIpc) is 2.40. The lowest BCUT2D eigenvalue weighted by Crippen LogP contribution is -2.40. The van der Waals surface area contributed by atoms with Crippen molar-refractivity contribution in [2.75, 3.05) is 39.4 Å². The second-order valence-electron chi connectivity index (χ2n) is 4.68. The second kappa shape index (κ2) is 7.24. The first kappa shape index (κ1) is 14.0. The fraction of sp³-hybridized carbons (Fsp3) is 0.571. The zero-order valence-corrected chi connectivity index (χ0v) is 12.4. The van der Waals surface area contributed by atoms with Crippen LogP contribution in [0.4, 0.5) is 0 Å². The number of rotatable bonds is 5. The molecule has 0 radical (unpaired) electrons. The smallest absolute Gasteiger partial charge is 0.0594 e. The van der Waals surface area contributed by atoms with E-state index in [0.717, 1.165) is 43.9 Å². The average molecular weight is 313 g/mol. The van der Waals surface area contributed by atoms with E-state index < -0.39 is 0 Å². The molecule has 0 saturated carbocycles. The van der Waals surface area contributed by atoms with Crippen LogP contribution < -0.4 is 5.32 Å². The highest BCUT2D eigenvalue weighted by Crippen LogP contribution is 2.16. The largest absolute Gasteiger partial charge is 0.379 e. The molecule has 1 heterocycles. The molecular formula is C14H21BrN2O. The van der Waals surface area contributed by atoms with Crippen LogP contribution in [0.5, 0.6) is 0 Å². The van der Waals surface area contributed by atoms with Gasteiger partial charge in [-0.1, -0.05) is 28.1 Å². The molecule has 3 nitrogen and oxygen atoms in total. The summed E-state index contributed by atoms with van der Waals surface area (Å²) < 4.78 is 6.47. The van der Waals surface area contributed by atoms with Crippen LogP contribution in [0, 0.1) is 0 Å². The van der Waals surface area contributed by atoms with Gasteiger partial charge in [0.05, 0.1) is 13.2 Å². The van der Waals surface area contributed by atoms with E-state index in [0.29, 0.717) is 6.04 Å². The van der Waals surface area contributed by atoms with Crippen LogP contribution in [0.15, 0.2) is 28.7 Å². The minimum atomic E-state index is 0.402. The van der Waals surface area contributed by atoms with E-state index in [1.807, 2.05) is 0 Å². The first-order chi connectivity index (χ1) is 8.75. The summed E-state index contributed by atoms with van der Waals surface area (Å²) >= 11 is 3.46. The van der Waals surface area contributed by atoms with Crippen LogP contribution in [0.3, 0.4) is 0 Å². The Labute approximate surface area is 118 Å². The zero-order valence-electron chi connectivity index (χ0n) is 10.9. The summed E-state index contributed by atoms with van der Waals surface area (Å²) in [5.74, 6) is 0. The number of nitrogens with one attached hydrogen (secondary N) is 1. The molecule has 0 bridgehead atoms. The standard InChI is InChI=1S/C14H21BrN2O/c1-12(13-2-4-14(15)5-3-13)16-6-7-17-8-10-18-11-9-17/h2-5,12,16H,6-11H2,1H3. The molecule has 100 valence electrons. The molecule has 1 saturated heterocycles. The minimum Gasteiger partial charge on any atom is -0.379 e. The third kappa shape index (κ3) is 4.35. The predicted molar refractivity (Wildman–Crippen MR) is 77.8 cm³/mol. The fourth-order valence-corrected chi connectivity index (χ4v) is 2.40. The maximum Gasteiger partial charge on any atom is 0.0594 e. The van der Waals surface area contributed by atoms with Gasteiger partial charge in [0.2, 0.25) is 0 Å². The van der Waals surface area contributed by atoms with Crippen molar-refractivity contribution in [1.29, 1.82) is 0 Å². The highest BCUT2D eigenvalue weighted by Gasteiger charge is 2.10. The number of hydrogen-bond acceptors (Lipinski definition) is 3. The Kier molecular flexibility index (Phi) is 5.63. The van der Waals surface area contributed by atoms with Crippen molar-refractivity contribution in [3.63, 3.8) is 0 Å². The van der Waals surface area contributed by atoms with E-state index in [4.69, 9.17) is 4.74 Å². The quantitative estimate of drug-likeness (QED) is 0.903. The molecule has 1 aliphatic heterocycles. The van der Waals surface area contributed by atoms with Gasteiger partial charge in [-0.15, -0.1) is 0 Å². The molecule has 0 amide bonds. The van der Waals surface area contributed by atoms with E-state index in [1.54, 1.807) is 0 Å². The van der Waals surface area contributed by atoms with Crippen molar-refractivity contribution in [1.82, 2.24) is 10.2 Å². The van der Waals surface area contributed by atoms with Crippen LogP contribution in [0.1, 0.15) is 18.5 Å². The molecule has 0 aromatic heterocycles. The molecule has 4 heteroatoms. The summed E-state index contributed by atoms with van der Waals surface area (Å²) in [6, 6.07) is 8.91. The van der Waals surface area contributed by atoms with Crippen molar-refractivity contribution >= 4 is 15.9 Å². The molecule has 0 aliphatic carbocycles. The minimum absolute atomic E-state index is 0.402. The maximum atomic E-state index is 5.34. The Morgan fingerprint density at radius 1 is 1.28 bits per heavy atom. The first-order valence-electron chi connectivity index (χ1n) is 6.54. The van der Waals surface area contributed by atoms with Crippen LogP contribution >= 0.6 is 15.9 Å². The van der Waals surface area contributed by atoms with Crippen molar-refractivity contribution in [3.8, 4) is 0 Å². The summed E-state index contributed by atoms with van der Waals surface area (Å²) in [6.45, 7) is 8.22. The van der Waals surface area contributed by atoms with E-state index >= 15 is 0 Å². The molecule has 1 atom stereocenters. The summed E-state index contributed by atoms with van der Waals surface area (Å²) in [4.78, 5) is 2.45. The topological polar surface area (TPSA) is 24.5 Å². The molecule has 1 N–H and O–H groups in total. The first-order valence-corrected chi connectivity index (χ1v) is 7.34. The number of hydrogen-bond donors (Lipinski definition) is 1. The van der Waals surface area contributed by atoms with Gasteiger partial charge in [0.1, 0.15) is 0 Å². The van der Waals surface area contributed by atoms with E-state index in [1.165, 1.54) is 5.56 Å². The highest BCUT2D eigenvalue weighted by molar-refractivity contribution is 9.10. The van der Waals surface area contributed by atoms with E-state index in [-0.39, 0.29) is 0 Å². The molecule has 1 aromatic carbocycles. The third-order valence-corrected chi connectivity index (χ3v) is 3.88. The second-order valence-corrected chi connectivity index (χ2v) is 5.60. The zero-order chi connectivity index (χ0) is 12.8. The highest BCUT2D eigenvalue weighted by atomic mass is 79.9. The van der Waals surface area contributed by atoms with Gasteiger partial charge in [-0.25, -0.2) is 0 Å². The van der Waals surface area contributed by atoms with Crippen LogP contribution in [0.25, 0.3) is 0 Å². The lowest BCUT2D eigenvalue weighted by molar-refractivity contribution is 0.0382. The predicted octanol–water partition coefficient (Wildman–Crippen LogP) is 2.43. The van der Waals surface area contributed by atoms with Gasteiger partial charge in [-0.05, 0) is 24.6 Å². The van der Waals surface area contributed by atoms with Crippen LogP contribution in [-0.4, -0.2) is 44.3 Å². The monoisotopic (exact) mass is 312 g/mol. The molecule has 1 aliphatic rings. The number of halogens is 1. The lowest BCUT2D eigenvalue weighted by Gasteiger charge is -2.27. The van der Waals surface area contributed by atoms with E-state index in [2.05, 4.69) is 57.3 Å². The van der Waals surface area contributed by atoms with Gasteiger partial charge >= 0.3 is 0 Å². The summed E-state index contributed by atoms with van der Waals surface area (Å²) in [6.07, 6.45) is 0. The number of ether oxygens (including phenoxy) is 1. The van der Waals surface area contributed by atoms with Crippen molar-refractivity contribution in [3.05, 3.63) is 34.3 Å². The molecule has 1 unspecified atom stereocenters. The molecule has 1 aromatic rings. The lowest BCUT2D eigenvalue weighted by atomic mass is 10.1. The number of benzene rings is 1. The van der Waals surface area contributed by atoms with Gasteiger partial charge in [-0.2, -0.15) is 0 Å². The molecular weight excluding hydrogens is 292 g/mol. The van der Waals surface area contributed by atoms with Gasteiger partial charge in [0.15, 0.2) is 0 Å². The number of nitrogens with zero attached hydrogens (tertiary/aromatic N) is 1. The van der Waals surface area contributed by atoms with Crippen molar-refractivity contribution in [2.45, 2.75) is 13.0 Å². The van der Waals surface area contributed by atoms with Crippen LogP contribution in [0.2, 0.25) is 0 Å². The van der Waals surface area contributed by atoms with Gasteiger partial charge in [-0.3, -0.25) is 4.90 Å². The maximum absolute atomic E-state index is 5.34.